The Morgan fingerprint density at radius 3 is 2.07 bits per heavy atom. The highest BCUT2D eigenvalue weighted by Crippen LogP contribution is 2.38. The average molecular weight is 387 g/mol. The van der Waals surface area contributed by atoms with Crippen LogP contribution >= 0.6 is 0 Å². The van der Waals surface area contributed by atoms with Gasteiger partial charge in [0.15, 0.2) is 11.5 Å². The summed E-state index contributed by atoms with van der Waals surface area (Å²) in [5, 5.41) is 6.25. The number of rotatable bonds is 7. The Balaban J connectivity index is 2.03. The number of nitrogens with one attached hydrogen (secondary N) is 2. The third kappa shape index (κ3) is 4.91. The van der Waals surface area contributed by atoms with Crippen LogP contribution in [0.5, 0.6) is 23.0 Å². The van der Waals surface area contributed by atoms with Crippen LogP contribution in [0.4, 0.5) is 5.69 Å². The van der Waals surface area contributed by atoms with E-state index in [0.29, 0.717) is 34.2 Å². The summed E-state index contributed by atoms with van der Waals surface area (Å²) in [7, 11) is 5.99. The second-order valence-corrected chi connectivity index (χ2v) is 5.31. The molecule has 2 aromatic rings. The second-order valence-electron chi connectivity index (χ2n) is 5.31. The number of nitrogens with zero attached hydrogens (tertiary/aromatic N) is 1. The molecule has 28 heavy (non-hydrogen) atoms. The summed E-state index contributed by atoms with van der Waals surface area (Å²) in [5.74, 6) is 0.100. The van der Waals surface area contributed by atoms with E-state index in [4.69, 9.17) is 18.9 Å². The molecule has 0 aliphatic carbocycles. The number of ether oxygens (including phenoxy) is 4. The fourth-order valence-electron chi connectivity index (χ4n) is 2.30. The quantitative estimate of drug-likeness (QED) is 0.426. The zero-order chi connectivity index (χ0) is 20.5. The largest absolute Gasteiger partial charge is 0.497 e. The van der Waals surface area contributed by atoms with Gasteiger partial charge in [-0.2, -0.15) is 5.10 Å². The number of carbonyl (C=O) groups is 2. The van der Waals surface area contributed by atoms with Crippen LogP contribution < -0.4 is 29.7 Å². The molecule has 0 aliphatic heterocycles. The molecule has 0 aromatic heterocycles. The van der Waals surface area contributed by atoms with Crippen LogP contribution in [0.2, 0.25) is 0 Å². The zero-order valence-corrected chi connectivity index (χ0v) is 15.9. The lowest BCUT2D eigenvalue weighted by atomic mass is 10.2. The Labute approximate surface area is 162 Å². The molecule has 148 valence electrons. The lowest BCUT2D eigenvalue weighted by molar-refractivity contribution is -0.136. The molecule has 2 N–H and O–H groups in total. The molecule has 0 atom stereocenters. The maximum Gasteiger partial charge on any atom is 0.329 e. The van der Waals surface area contributed by atoms with Crippen molar-refractivity contribution in [3.63, 3.8) is 0 Å². The fraction of sp³-hybridized carbons (Fsp3) is 0.211. The number of benzene rings is 2. The summed E-state index contributed by atoms with van der Waals surface area (Å²) in [4.78, 5) is 23.8. The maximum atomic E-state index is 11.9. The SMILES string of the molecule is COc1ccc(NC(=O)C(=O)N/N=C\c2ccc(OC)c(OC)c2OC)cc1. The first-order valence-corrected chi connectivity index (χ1v) is 8.11. The van der Waals surface area contributed by atoms with Crippen LogP contribution in [0.3, 0.4) is 0 Å². The van der Waals surface area contributed by atoms with Crippen molar-refractivity contribution in [2.75, 3.05) is 33.8 Å². The van der Waals surface area contributed by atoms with Crippen molar-refractivity contribution in [3.05, 3.63) is 42.0 Å². The van der Waals surface area contributed by atoms with Crippen molar-refractivity contribution in [1.29, 1.82) is 0 Å². The maximum absolute atomic E-state index is 11.9. The van der Waals surface area contributed by atoms with E-state index in [-0.39, 0.29) is 0 Å². The van der Waals surface area contributed by atoms with Crippen molar-refractivity contribution in [2.45, 2.75) is 0 Å². The van der Waals surface area contributed by atoms with Crippen molar-refractivity contribution in [1.82, 2.24) is 5.43 Å². The molecule has 0 saturated heterocycles. The number of hydrogen-bond acceptors (Lipinski definition) is 7. The number of hydrogen-bond donors (Lipinski definition) is 2. The fourth-order valence-corrected chi connectivity index (χ4v) is 2.30. The van der Waals surface area contributed by atoms with Crippen LogP contribution in [0.1, 0.15) is 5.56 Å². The average Bonchev–Trinajstić information content (AvgIpc) is 2.73. The van der Waals surface area contributed by atoms with Gasteiger partial charge in [0.05, 0.1) is 34.7 Å². The normalized spacial score (nSPS) is 10.3. The third-order valence-electron chi connectivity index (χ3n) is 3.66. The Kier molecular flexibility index (Phi) is 7.21. The van der Waals surface area contributed by atoms with Gasteiger partial charge in [0.1, 0.15) is 5.75 Å². The van der Waals surface area contributed by atoms with Gasteiger partial charge in [-0.15, -0.1) is 0 Å². The first kappa shape index (κ1) is 20.6. The Morgan fingerprint density at radius 2 is 1.50 bits per heavy atom. The molecule has 2 amide bonds. The number of amides is 2. The number of carbonyl (C=O) groups excluding carboxylic acids is 2. The van der Waals surface area contributed by atoms with E-state index in [1.165, 1.54) is 34.7 Å². The van der Waals surface area contributed by atoms with Gasteiger partial charge in [-0.05, 0) is 36.4 Å². The molecular weight excluding hydrogens is 366 g/mol. The lowest BCUT2D eigenvalue weighted by Gasteiger charge is -2.13. The molecule has 9 nitrogen and oxygen atoms in total. The molecular formula is C19H21N3O6. The molecule has 0 bridgehead atoms. The number of hydrazone groups is 1. The highest BCUT2D eigenvalue weighted by molar-refractivity contribution is 6.39. The second kappa shape index (κ2) is 9.81. The van der Waals surface area contributed by atoms with Crippen molar-refractivity contribution >= 4 is 23.7 Å². The van der Waals surface area contributed by atoms with Gasteiger partial charge in [0.2, 0.25) is 5.75 Å². The van der Waals surface area contributed by atoms with Crippen LogP contribution in [0.15, 0.2) is 41.5 Å². The number of methoxy groups -OCH3 is 4. The van der Waals surface area contributed by atoms with Gasteiger partial charge < -0.3 is 24.3 Å². The van der Waals surface area contributed by atoms with Crippen molar-refractivity contribution < 1.29 is 28.5 Å². The minimum atomic E-state index is -0.925. The first-order valence-electron chi connectivity index (χ1n) is 8.11. The lowest BCUT2D eigenvalue weighted by Crippen LogP contribution is -2.32. The van der Waals surface area contributed by atoms with Crippen LogP contribution in [0, 0.1) is 0 Å². The zero-order valence-electron chi connectivity index (χ0n) is 15.9. The monoisotopic (exact) mass is 387 g/mol. The van der Waals surface area contributed by atoms with Crippen LogP contribution in [-0.4, -0.2) is 46.5 Å². The molecule has 0 unspecified atom stereocenters. The minimum absolute atomic E-state index is 0.377. The number of anilines is 1. The van der Waals surface area contributed by atoms with E-state index < -0.39 is 11.8 Å². The van der Waals surface area contributed by atoms with E-state index in [2.05, 4.69) is 15.8 Å². The smallest absolute Gasteiger partial charge is 0.329 e. The molecule has 2 aromatic carbocycles. The minimum Gasteiger partial charge on any atom is -0.497 e. The van der Waals surface area contributed by atoms with Gasteiger partial charge in [0, 0.05) is 11.3 Å². The first-order chi connectivity index (χ1) is 13.5. The standard InChI is InChI=1S/C19H21N3O6/c1-25-14-8-6-13(7-9-14)21-18(23)19(24)22-20-11-12-5-10-15(26-2)17(28-4)16(12)27-3/h5-11H,1-4H3,(H,21,23)(H,22,24)/b20-11-. The molecule has 0 aliphatic rings. The topological polar surface area (TPSA) is 107 Å². The highest BCUT2D eigenvalue weighted by Gasteiger charge is 2.16. The van der Waals surface area contributed by atoms with E-state index in [1.54, 1.807) is 36.4 Å². The molecule has 0 radical (unpaired) electrons. The highest BCUT2D eigenvalue weighted by atomic mass is 16.5. The third-order valence-corrected chi connectivity index (χ3v) is 3.66. The molecule has 9 heteroatoms. The summed E-state index contributed by atoms with van der Waals surface area (Å²) in [6.45, 7) is 0. The van der Waals surface area contributed by atoms with Gasteiger partial charge in [-0.25, -0.2) is 5.43 Å². The van der Waals surface area contributed by atoms with Crippen LogP contribution in [-0.2, 0) is 9.59 Å². The summed E-state index contributed by atoms with van der Waals surface area (Å²) in [6.07, 6.45) is 1.33. The molecule has 0 saturated carbocycles. The predicted octanol–water partition coefficient (Wildman–Crippen LogP) is 1.81. The summed E-state index contributed by atoms with van der Waals surface area (Å²) in [6, 6.07) is 9.89. The van der Waals surface area contributed by atoms with Gasteiger partial charge >= 0.3 is 11.8 Å². The van der Waals surface area contributed by atoms with Gasteiger partial charge in [-0.1, -0.05) is 0 Å². The predicted molar refractivity (Wildman–Crippen MR) is 103 cm³/mol. The van der Waals surface area contributed by atoms with E-state index in [1.807, 2.05) is 0 Å². The summed E-state index contributed by atoms with van der Waals surface area (Å²) in [5.41, 5.74) is 3.13. The Bertz CT molecular complexity index is 865. The molecule has 0 heterocycles. The van der Waals surface area contributed by atoms with E-state index in [9.17, 15) is 9.59 Å². The Morgan fingerprint density at radius 1 is 0.821 bits per heavy atom. The summed E-state index contributed by atoms with van der Waals surface area (Å²) >= 11 is 0. The molecule has 0 fully saturated rings. The van der Waals surface area contributed by atoms with E-state index >= 15 is 0 Å². The van der Waals surface area contributed by atoms with Gasteiger partial charge in [0.25, 0.3) is 0 Å². The molecule has 2 rings (SSSR count). The van der Waals surface area contributed by atoms with Crippen molar-refractivity contribution in [3.8, 4) is 23.0 Å². The summed E-state index contributed by atoms with van der Waals surface area (Å²) < 4.78 is 20.8. The van der Waals surface area contributed by atoms with Gasteiger partial charge in [-0.3, -0.25) is 9.59 Å². The van der Waals surface area contributed by atoms with E-state index in [0.717, 1.165) is 0 Å². The van der Waals surface area contributed by atoms with Crippen LogP contribution in [0.25, 0.3) is 0 Å². The van der Waals surface area contributed by atoms with Crippen molar-refractivity contribution in [2.24, 2.45) is 5.10 Å². The Hall–Kier alpha value is -3.75. The molecule has 0 spiro atoms.